The number of pyridine rings is 1. The molecule has 2 N–H and O–H groups in total. The van der Waals surface area contributed by atoms with Crippen LogP contribution in [0.5, 0.6) is 0 Å². The maximum atomic E-state index is 11.8. The van der Waals surface area contributed by atoms with Crippen molar-refractivity contribution in [3.05, 3.63) is 60.7 Å². The molecule has 6 heteroatoms. The lowest BCUT2D eigenvalue weighted by Gasteiger charge is -1.98. The summed E-state index contributed by atoms with van der Waals surface area (Å²) in [4.78, 5) is 18.9. The predicted octanol–water partition coefficient (Wildman–Crippen LogP) is 1.39. The van der Waals surface area contributed by atoms with Crippen LogP contribution in [-0.4, -0.2) is 22.1 Å². The molecular formula is C16H16N5O+. The van der Waals surface area contributed by atoms with Crippen molar-refractivity contribution in [3.63, 3.8) is 0 Å². The number of para-hydroxylation sites is 2. The number of aromatic amines is 1. The first-order valence-corrected chi connectivity index (χ1v) is 7.00. The van der Waals surface area contributed by atoms with Gasteiger partial charge in [-0.3, -0.25) is 9.78 Å². The molecule has 1 amide bonds. The number of aryl methyl sites for hydroxylation is 1. The standard InChI is InChI=1S/C16H15N5O/c22-16(20-19-11-13-4-3-8-17-10-13)7-9-21-12-18-14-5-1-2-6-15(14)21/h1-6,8,10-12H,7,9H2,(H,20,22)/p+1. The number of aromatic nitrogens is 3. The van der Waals surface area contributed by atoms with Gasteiger partial charge in [-0.15, -0.1) is 0 Å². The molecule has 0 spiro atoms. The molecule has 0 aliphatic carbocycles. The summed E-state index contributed by atoms with van der Waals surface area (Å²) in [6.07, 6.45) is 7.17. The average Bonchev–Trinajstić information content (AvgIpc) is 2.97. The second-order valence-electron chi connectivity index (χ2n) is 4.81. The lowest BCUT2D eigenvalue weighted by molar-refractivity contribution is -0.670. The number of amides is 1. The number of benzene rings is 1. The molecule has 0 radical (unpaired) electrons. The fourth-order valence-corrected chi connectivity index (χ4v) is 2.16. The Morgan fingerprint density at radius 1 is 1.32 bits per heavy atom. The van der Waals surface area contributed by atoms with Crippen molar-refractivity contribution in [1.82, 2.24) is 15.4 Å². The summed E-state index contributed by atoms with van der Waals surface area (Å²) in [5.41, 5.74) is 5.49. The van der Waals surface area contributed by atoms with Gasteiger partial charge in [-0.2, -0.15) is 5.10 Å². The number of H-pyrrole nitrogens is 1. The highest BCUT2D eigenvalue weighted by atomic mass is 16.2. The molecule has 0 saturated heterocycles. The molecule has 3 aromatic rings. The van der Waals surface area contributed by atoms with Crippen LogP contribution in [0.4, 0.5) is 0 Å². The number of rotatable bonds is 5. The number of hydrazone groups is 1. The van der Waals surface area contributed by atoms with Crippen LogP contribution in [0.25, 0.3) is 11.0 Å². The summed E-state index contributed by atoms with van der Waals surface area (Å²) >= 11 is 0. The Morgan fingerprint density at radius 2 is 2.23 bits per heavy atom. The van der Waals surface area contributed by atoms with E-state index in [2.05, 4.69) is 20.5 Å². The monoisotopic (exact) mass is 294 g/mol. The number of imidazole rings is 1. The number of carbonyl (C=O) groups is 1. The Bertz CT molecular complexity index is 794. The molecule has 6 nitrogen and oxygen atoms in total. The fraction of sp³-hybridized carbons (Fsp3) is 0.125. The van der Waals surface area contributed by atoms with E-state index in [4.69, 9.17) is 0 Å². The Balaban J connectivity index is 1.53. The third kappa shape index (κ3) is 3.35. The predicted molar refractivity (Wildman–Crippen MR) is 83.1 cm³/mol. The van der Waals surface area contributed by atoms with E-state index in [1.165, 1.54) is 0 Å². The number of hydrogen-bond donors (Lipinski definition) is 2. The van der Waals surface area contributed by atoms with Gasteiger partial charge in [-0.05, 0) is 18.2 Å². The molecule has 3 rings (SSSR count). The molecule has 2 heterocycles. The third-order valence-electron chi connectivity index (χ3n) is 3.26. The highest BCUT2D eigenvalue weighted by molar-refractivity contribution is 5.81. The zero-order chi connectivity index (χ0) is 15.2. The topological polar surface area (TPSA) is 74.0 Å². The van der Waals surface area contributed by atoms with Crippen LogP contribution >= 0.6 is 0 Å². The minimum Gasteiger partial charge on any atom is -0.273 e. The number of fused-ring (bicyclic) bond motifs is 1. The average molecular weight is 294 g/mol. The van der Waals surface area contributed by atoms with E-state index in [9.17, 15) is 4.79 Å². The maximum absolute atomic E-state index is 11.8. The summed E-state index contributed by atoms with van der Waals surface area (Å²) in [6.45, 7) is 0.595. The Kier molecular flexibility index (Phi) is 4.20. The quantitative estimate of drug-likeness (QED) is 0.424. The molecule has 0 aliphatic heterocycles. The molecule has 1 aromatic carbocycles. The zero-order valence-corrected chi connectivity index (χ0v) is 11.9. The molecule has 2 aromatic heterocycles. The molecule has 22 heavy (non-hydrogen) atoms. The van der Waals surface area contributed by atoms with Gasteiger partial charge in [-0.1, -0.05) is 18.2 Å². The molecule has 0 saturated carbocycles. The van der Waals surface area contributed by atoms with E-state index >= 15 is 0 Å². The SMILES string of the molecule is O=C(CC[n+]1c[nH]c2ccccc21)NN=Cc1cccnc1. The van der Waals surface area contributed by atoms with Crippen LogP contribution in [0, 0.1) is 0 Å². The zero-order valence-electron chi connectivity index (χ0n) is 11.9. The van der Waals surface area contributed by atoms with Crippen LogP contribution in [0.1, 0.15) is 12.0 Å². The van der Waals surface area contributed by atoms with Gasteiger partial charge in [0.15, 0.2) is 11.0 Å². The number of carbonyl (C=O) groups excluding carboxylic acids is 1. The summed E-state index contributed by atoms with van der Waals surface area (Å²) in [5, 5.41) is 3.92. The van der Waals surface area contributed by atoms with E-state index in [1.54, 1.807) is 18.6 Å². The molecule has 0 aliphatic rings. The molecule has 0 fully saturated rings. The van der Waals surface area contributed by atoms with Gasteiger partial charge in [0.2, 0.25) is 12.2 Å². The van der Waals surface area contributed by atoms with Crippen LogP contribution < -0.4 is 9.99 Å². The van der Waals surface area contributed by atoms with Gasteiger partial charge in [0.25, 0.3) is 0 Å². The molecular weight excluding hydrogens is 278 g/mol. The summed E-state index contributed by atoms with van der Waals surface area (Å²) in [6, 6.07) is 11.7. The second-order valence-corrected chi connectivity index (χ2v) is 4.81. The van der Waals surface area contributed by atoms with Crippen LogP contribution in [0.2, 0.25) is 0 Å². The maximum Gasteiger partial charge on any atom is 0.244 e. The van der Waals surface area contributed by atoms with Gasteiger partial charge < -0.3 is 0 Å². The normalized spacial score (nSPS) is 11.1. The fourth-order valence-electron chi connectivity index (χ4n) is 2.16. The van der Waals surface area contributed by atoms with Crippen molar-refractivity contribution < 1.29 is 9.36 Å². The Morgan fingerprint density at radius 3 is 3.09 bits per heavy atom. The molecule has 0 atom stereocenters. The molecule has 0 bridgehead atoms. The van der Waals surface area contributed by atoms with E-state index in [-0.39, 0.29) is 5.91 Å². The number of hydrogen-bond acceptors (Lipinski definition) is 3. The van der Waals surface area contributed by atoms with Crippen molar-refractivity contribution in [2.45, 2.75) is 13.0 Å². The Hall–Kier alpha value is -3.02. The lowest BCUT2D eigenvalue weighted by Crippen LogP contribution is -2.34. The van der Waals surface area contributed by atoms with Crippen molar-refractivity contribution in [2.75, 3.05) is 0 Å². The van der Waals surface area contributed by atoms with Crippen molar-refractivity contribution in [3.8, 4) is 0 Å². The number of nitrogens with one attached hydrogen (secondary N) is 2. The van der Waals surface area contributed by atoms with Crippen molar-refractivity contribution in [1.29, 1.82) is 0 Å². The molecule has 110 valence electrons. The van der Waals surface area contributed by atoms with Crippen LogP contribution in [-0.2, 0) is 11.3 Å². The Labute approximate surface area is 127 Å². The van der Waals surface area contributed by atoms with E-state index < -0.39 is 0 Å². The summed E-state index contributed by atoms with van der Waals surface area (Å²) < 4.78 is 2.01. The first-order valence-electron chi connectivity index (χ1n) is 7.00. The summed E-state index contributed by atoms with van der Waals surface area (Å²) in [5.74, 6) is -0.127. The first-order chi connectivity index (χ1) is 10.8. The van der Waals surface area contributed by atoms with E-state index in [0.29, 0.717) is 13.0 Å². The smallest absolute Gasteiger partial charge is 0.244 e. The minimum atomic E-state index is -0.127. The highest BCUT2D eigenvalue weighted by Gasteiger charge is 2.10. The lowest BCUT2D eigenvalue weighted by atomic mass is 10.3. The van der Waals surface area contributed by atoms with Crippen molar-refractivity contribution >= 4 is 23.2 Å². The van der Waals surface area contributed by atoms with Crippen molar-refractivity contribution in [2.24, 2.45) is 5.10 Å². The largest absolute Gasteiger partial charge is 0.273 e. The summed E-state index contributed by atoms with van der Waals surface area (Å²) in [7, 11) is 0. The highest BCUT2D eigenvalue weighted by Crippen LogP contribution is 2.05. The number of nitrogens with zero attached hydrogens (tertiary/aromatic N) is 3. The minimum absolute atomic E-state index is 0.127. The third-order valence-corrected chi connectivity index (χ3v) is 3.26. The van der Waals surface area contributed by atoms with E-state index in [1.807, 2.05) is 47.3 Å². The van der Waals surface area contributed by atoms with Crippen LogP contribution in [0.15, 0.2) is 60.2 Å². The first kappa shape index (κ1) is 13.9. The van der Waals surface area contributed by atoms with Gasteiger partial charge in [0.05, 0.1) is 19.2 Å². The van der Waals surface area contributed by atoms with Gasteiger partial charge in [0, 0.05) is 18.0 Å². The van der Waals surface area contributed by atoms with Gasteiger partial charge in [0.1, 0.15) is 0 Å². The van der Waals surface area contributed by atoms with Crippen LogP contribution in [0.3, 0.4) is 0 Å². The van der Waals surface area contributed by atoms with Gasteiger partial charge >= 0.3 is 0 Å². The second kappa shape index (κ2) is 6.62. The van der Waals surface area contributed by atoms with E-state index in [0.717, 1.165) is 16.6 Å². The van der Waals surface area contributed by atoms with Gasteiger partial charge in [-0.25, -0.2) is 15.0 Å². The molecule has 0 unspecified atom stereocenters.